The molecule has 1 aliphatic rings. The maximum absolute atomic E-state index is 13.9. The van der Waals surface area contributed by atoms with Crippen molar-refractivity contribution >= 4 is 17.5 Å². The van der Waals surface area contributed by atoms with Crippen molar-refractivity contribution in [2.75, 3.05) is 19.7 Å². The summed E-state index contributed by atoms with van der Waals surface area (Å²) < 4.78 is 38.2. The van der Waals surface area contributed by atoms with Gasteiger partial charge in [-0.3, -0.25) is 4.79 Å². The third kappa shape index (κ3) is 3.18. The number of hydrogen-bond donors (Lipinski definition) is 0. The number of carbonyl (C=O) groups is 1. The summed E-state index contributed by atoms with van der Waals surface area (Å²) in [5, 5.41) is 7.17. The van der Waals surface area contributed by atoms with Crippen LogP contribution in [0.25, 0.3) is 0 Å². The van der Waals surface area contributed by atoms with Crippen LogP contribution in [0.1, 0.15) is 28.2 Å². The van der Waals surface area contributed by atoms with Gasteiger partial charge in [-0.15, -0.1) is 10.2 Å². The molecular formula is C14H12ClF2N3O3. The largest absolute Gasteiger partial charge is 0.423 e. The van der Waals surface area contributed by atoms with Crippen LogP contribution < -0.4 is 0 Å². The molecule has 1 aromatic heterocycles. The summed E-state index contributed by atoms with van der Waals surface area (Å²) in [5.74, 6) is -1.77. The molecule has 6 nitrogen and oxygen atoms in total. The van der Waals surface area contributed by atoms with E-state index in [-0.39, 0.29) is 36.2 Å². The molecule has 122 valence electrons. The highest BCUT2D eigenvalue weighted by Gasteiger charge is 2.30. The zero-order chi connectivity index (χ0) is 16.6. The predicted octanol–water partition coefficient (Wildman–Crippen LogP) is 2.52. The molecule has 1 amide bonds. The van der Waals surface area contributed by atoms with Crippen molar-refractivity contribution in [3.8, 4) is 0 Å². The Bertz CT molecular complexity index is 753. The first-order valence-electron chi connectivity index (χ1n) is 6.81. The van der Waals surface area contributed by atoms with Crippen LogP contribution in [0.15, 0.2) is 16.5 Å². The third-order valence-corrected chi connectivity index (χ3v) is 3.70. The summed E-state index contributed by atoms with van der Waals surface area (Å²) in [6, 6.07) is 1.57. The molecule has 0 N–H and O–H groups in total. The monoisotopic (exact) mass is 343 g/mol. The number of amides is 1. The van der Waals surface area contributed by atoms with Crippen LogP contribution in [0.3, 0.4) is 0 Å². The lowest BCUT2D eigenvalue weighted by atomic mass is 10.1. The van der Waals surface area contributed by atoms with Gasteiger partial charge in [0.2, 0.25) is 11.8 Å². The number of aryl methyl sites for hydroxylation is 1. The predicted molar refractivity (Wildman–Crippen MR) is 75.0 cm³/mol. The third-order valence-electron chi connectivity index (χ3n) is 3.41. The topological polar surface area (TPSA) is 68.5 Å². The number of carbonyl (C=O) groups excluding carboxylic acids is 1. The molecule has 0 radical (unpaired) electrons. The Morgan fingerprint density at radius 2 is 2.13 bits per heavy atom. The van der Waals surface area contributed by atoms with Crippen molar-refractivity contribution in [2.45, 2.75) is 13.0 Å². The lowest BCUT2D eigenvalue weighted by Crippen LogP contribution is -2.42. The fourth-order valence-corrected chi connectivity index (χ4v) is 2.43. The number of halogens is 3. The van der Waals surface area contributed by atoms with Crippen LogP contribution in [0, 0.1) is 18.6 Å². The smallest absolute Gasteiger partial charge is 0.257 e. The first-order valence-corrected chi connectivity index (χ1v) is 7.19. The average Bonchev–Trinajstić information content (AvgIpc) is 2.97. The second-order valence-corrected chi connectivity index (χ2v) is 5.42. The summed E-state index contributed by atoms with van der Waals surface area (Å²) in [6.45, 7) is 2.19. The highest BCUT2D eigenvalue weighted by molar-refractivity contribution is 6.30. The van der Waals surface area contributed by atoms with E-state index in [0.29, 0.717) is 5.89 Å². The van der Waals surface area contributed by atoms with Crippen LogP contribution >= 0.6 is 11.6 Å². The van der Waals surface area contributed by atoms with Gasteiger partial charge in [0.1, 0.15) is 11.6 Å². The highest BCUT2D eigenvalue weighted by Crippen LogP contribution is 2.25. The molecule has 0 saturated carbocycles. The van der Waals surface area contributed by atoms with Crippen LogP contribution in [0.4, 0.5) is 8.78 Å². The minimum atomic E-state index is -0.877. The van der Waals surface area contributed by atoms with Crippen molar-refractivity contribution in [2.24, 2.45) is 0 Å². The molecule has 0 bridgehead atoms. The highest BCUT2D eigenvalue weighted by atomic mass is 35.5. The molecule has 0 aliphatic carbocycles. The van der Waals surface area contributed by atoms with Crippen LogP contribution in [-0.4, -0.2) is 40.7 Å². The fraction of sp³-hybridized carbons (Fsp3) is 0.357. The summed E-state index contributed by atoms with van der Waals surface area (Å²) in [4.78, 5) is 13.8. The first kappa shape index (κ1) is 15.8. The van der Waals surface area contributed by atoms with E-state index in [9.17, 15) is 13.6 Å². The number of benzene rings is 1. The van der Waals surface area contributed by atoms with E-state index < -0.39 is 23.6 Å². The van der Waals surface area contributed by atoms with Gasteiger partial charge in [0, 0.05) is 13.5 Å². The van der Waals surface area contributed by atoms with Crippen molar-refractivity contribution in [1.29, 1.82) is 0 Å². The number of ether oxygens (including phenoxy) is 1. The van der Waals surface area contributed by atoms with Crippen molar-refractivity contribution < 1.29 is 22.7 Å². The molecule has 3 rings (SSSR count). The molecule has 0 spiro atoms. The quantitative estimate of drug-likeness (QED) is 0.784. The van der Waals surface area contributed by atoms with Crippen LogP contribution in [-0.2, 0) is 4.74 Å². The van der Waals surface area contributed by atoms with Gasteiger partial charge in [0.25, 0.3) is 5.91 Å². The number of nitrogens with zero attached hydrogens (tertiary/aromatic N) is 3. The number of hydrogen-bond acceptors (Lipinski definition) is 5. The Labute approximate surface area is 135 Å². The summed E-state index contributed by atoms with van der Waals surface area (Å²) in [6.07, 6.45) is -0.603. The van der Waals surface area contributed by atoms with E-state index >= 15 is 0 Å². The molecule has 2 aromatic rings. The Balaban J connectivity index is 1.81. The van der Waals surface area contributed by atoms with E-state index in [1.807, 2.05) is 0 Å². The minimum absolute atomic E-state index is 0.101. The van der Waals surface area contributed by atoms with Crippen molar-refractivity contribution in [3.05, 3.63) is 46.1 Å². The van der Waals surface area contributed by atoms with Crippen LogP contribution in [0.5, 0.6) is 0 Å². The number of rotatable bonds is 2. The maximum atomic E-state index is 13.9. The van der Waals surface area contributed by atoms with Gasteiger partial charge in [-0.05, 0) is 12.1 Å². The lowest BCUT2D eigenvalue weighted by Gasteiger charge is -2.31. The SMILES string of the molecule is Cc1nnc([C@H]2CN(C(=O)c3cc(F)c(Cl)cc3F)CCO2)o1. The Kier molecular flexibility index (Phi) is 4.27. The second-order valence-electron chi connectivity index (χ2n) is 5.02. The fourth-order valence-electron chi connectivity index (χ4n) is 2.28. The first-order chi connectivity index (χ1) is 11.0. The van der Waals surface area contributed by atoms with E-state index in [2.05, 4.69) is 10.2 Å². The van der Waals surface area contributed by atoms with Crippen LogP contribution in [0.2, 0.25) is 5.02 Å². The summed E-state index contributed by atoms with van der Waals surface area (Å²) in [5.41, 5.74) is -0.380. The molecule has 1 aromatic carbocycles. The van der Waals surface area contributed by atoms with E-state index in [1.54, 1.807) is 6.92 Å². The zero-order valence-electron chi connectivity index (χ0n) is 12.1. The molecule has 1 atom stereocenters. The van der Waals surface area contributed by atoms with E-state index in [0.717, 1.165) is 12.1 Å². The molecule has 0 unspecified atom stereocenters. The molecule has 1 aliphatic heterocycles. The maximum Gasteiger partial charge on any atom is 0.257 e. The number of aromatic nitrogens is 2. The van der Waals surface area contributed by atoms with E-state index in [4.69, 9.17) is 20.8 Å². The zero-order valence-corrected chi connectivity index (χ0v) is 12.8. The van der Waals surface area contributed by atoms with Crippen molar-refractivity contribution in [1.82, 2.24) is 15.1 Å². The van der Waals surface area contributed by atoms with Gasteiger partial charge in [0.15, 0.2) is 6.10 Å². The Hall–Kier alpha value is -2.06. The molecule has 9 heteroatoms. The Morgan fingerprint density at radius 3 is 2.83 bits per heavy atom. The van der Waals surface area contributed by atoms with Gasteiger partial charge in [-0.25, -0.2) is 8.78 Å². The molecule has 2 heterocycles. The molecular weight excluding hydrogens is 332 g/mol. The lowest BCUT2D eigenvalue weighted by molar-refractivity contribution is -0.0350. The second kappa shape index (κ2) is 6.21. The summed E-state index contributed by atoms with van der Waals surface area (Å²) >= 11 is 5.49. The standard InChI is InChI=1S/C14H12ClF2N3O3/c1-7-18-19-13(23-7)12-6-20(2-3-22-12)14(21)8-4-11(17)9(15)5-10(8)16/h4-5,12H,2-3,6H2,1H3/t12-/m1/s1. The van der Waals surface area contributed by atoms with Gasteiger partial charge in [-0.2, -0.15) is 0 Å². The van der Waals surface area contributed by atoms with Gasteiger partial charge in [0.05, 0.1) is 23.7 Å². The van der Waals surface area contributed by atoms with E-state index in [1.165, 1.54) is 4.90 Å². The minimum Gasteiger partial charge on any atom is -0.423 e. The normalized spacial score (nSPS) is 18.3. The Morgan fingerprint density at radius 1 is 1.35 bits per heavy atom. The average molecular weight is 344 g/mol. The van der Waals surface area contributed by atoms with Gasteiger partial charge in [-0.1, -0.05) is 11.6 Å². The molecule has 23 heavy (non-hydrogen) atoms. The van der Waals surface area contributed by atoms with Gasteiger partial charge < -0.3 is 14.1 Å². The van der Waals surface area contributed by atoms with Gasteiger partial charge >= 0.3 is 0 Å². The summed E-state index contributed by atoms with van der Waals surface area (Å²) in [7, 11) is 0. The van der Waals surface area contributed by atoms with Crippen molar-refractivity contribution in [3.63, 3.8) is 0 Å². The molecule has 1 fully saturated rings. The molecule has 1 saturated heterocycles. The number of morpholine rings is 1.